The minimum atomic E-state index is -3.16. The third kappa shape index (κ3) is 5.84. The molecule has 0 aliphatic carbocycles. The number of benzene rings is 1. The maximum atomic E-state index is 12.6. The fourth-order valence-corrected chi connectivity index (χ4v) is 4.11. The number of ether oxygens (including phenoxy) is 2. The molecule has 1 aliphatic heterocycles. The fraction of sp³-hybridized carbons (Fsp3) is 0.632. The number of amides is 1. The van der Waals surface area contributed by atoms with E-state index in [-0.39, 0.29) is 17.7 Å². The van der Waals surface area contributed by atoms with E-state index >= 15 is 0 Å². The monoisotopic (exact) mass is 398 g/mol. The highest BCUT2D eigenvalue weighted by molar-refractivity contribution is 7.89. The molecule has 0 aromatic heterocycles. The zero-order valence-corrected chi connectivity index (χ0v) is 17.2. The molecular formula is C19H30N2O5S. The molecule has 1 saturated heterocycles. The minimum absolute atomic E-state index is 0.0348. The van der Waals surface area contributed by atoms with Crippen LogP contribution >= 0.6 is 0 Å². The standard InChI is InChI=1S/C19H30N2O5S/c1-4-13-26-17-8-7-15(14-18(17)25-5-2)19(22)20-16-9-11-21(12-10-16)27(23,24)6-3/h7-8,14,16H,4-6,9-13H2,1-3H3,(H,20,22). The van der Waals surface area contributed by atoms with Gasteiger partial charge in [0.25, 0.3) is 5.91 Å². The summed E-state index contributed by atoms with van der Waals surface area (Å²) in [6, 6.07) is 5.14. The lowest BCUT2D eigenvalue weighted by atomic mass is 10.1. The molecule has 27 heavy (non-hydrogen) atoms. The molecule has 1 aromatic rings. The molecule has 0 saturated carbocycles. The molecule has 152 valence electrons. The molecule has 0 radical (unpaired) electrons. The lowest BCUT2D eigenvalue weighted by molar-refractivity contribution is 0.0923. The Morgan fingerprint density at radius 1 is 1.15 bits per heavy atom. The highest BCUT2D eigenvalue weighted by atomic mass is 32.2. The van der Waals surface area contributed by atoms with Crippen LogP contribution in [0.2, 0.25) is 0 Å². The van der Waals surface area contributed by atoms with Gasteiger partial charge in [-0.1, -0.05) is 6.92 Å². The molecule has 0 bridgehead atoms. The second-order valence-corrected chi connectivity index (χ2v) is 8.75. The van der Waals surface area contributed by atoms with Crippen LogP contribution < -0.4 is 14.8 Å². The number of nitrogens with one attached hydrogen (secondary N) is 1. The zero-order chi connectivity index (χ0) is 19.9. The Labute approximate surface area is 162 Å². The predicted octanol–water partition coefficient (Wildman–Crippen LogP) is 2.42. The second-order valence-electron chi connectivity index (χ2n) is 6.49. The first-order valence-electron chi connectivity index (χ1n) is 9.59. The summed E-state index contributed by atoms with van der Waals surface area (Å²) < 4.78 is 36.6. The summed E-state index contributed by atoms with van der Waals surface area (Å²) in [5.74, 6) is 1.11. The van der Waals surface area contributed by atoms with Gasteiger partial charge in [-0.2, -0.15) is 0 Å². The molecule has 0 atom stereocenters. The van der Waals surface area contributed by atoms with Crippen LogP contribution in [0, 0.1) is 0 Å². The SMILES string of the molecule is CCCOc1ccc(C(=O)NC2CCN(S(=O)(=O)CC)CC2)cc1OCC. The number of carbonyl (C=O) groups is 1. The zero-order valence-electron chi connectivity index (χ0n) is 16.4. The van der Waals surface area contributed by atoms with E-state index in [9.17, 15) is 13.2 Å². The maximum absolute atomic E-state index is 12.6. The van der Waals surface area contributed by atoms with Crippen molar-refractivity contribution in [1.29, 1.82) is 0 Å². The van der Waals surface area contributed by atoms with Crippen molar-refractivity contribution in [1.82, 2.24) is 9.62 Å². The van der Waals surface area contributed by atoms with Crippen molar-refractivity contribution in [3.63, 3.8) is 0 Å². The average Bonchev–Trinajstić information content (AvgIpc) is 2.67. The van der Waals surface area contributed by atoms with E-state index in [4.69, 9.17) is 9.47 Å². The Kier molecular flexibility index (Phi) is 7.91. The predicted molar refractivity (Wildman–Crippen MR) is 105 cm³/mol. The van der Waals surface area contributed by atoms with E-state index in [0.717, 1.165) is 6.42 Å². The molecule has 1 N–H and O–H groups in total. The number of hydrogen-bond donors (Lipinski definition) is 1. The van der Waals surface area contributed by atoms with Crippen molar-refractivity contribution >= 4 is 15.9 Å². The number of sulfonamides is 1. The van der Waals surface area contributed by atoms with Gasteiger partial charge in [-0.05, 0) is 51.3 Å². The average molecular weight is 399 g/mol. The van der Waals surface area contributed by atoms with Gasteiger partial charge in [0, 0.05) is 24.7 Å². The van der Waals surface area contributed by atoms with Crippen molar-refractivity contribution in [3.8, 4) is 11.5 Å². The van der Waals surface area contributed by atoms with E-state index in [0.29, 0.717) is 56.2 Å². The van der Waals surface area contributed by atoms with Crippen LogP contribution in [0.3, 0.4) is 0 Å². The lowest BCUT2D eigenvalue weighted by Crippen LogP contribution is -2.46. The Hall–Kier alpha value is -1.80. The molecule has 0 unspecified atom stereocenters. The lowest BCUT2D eigenvalue weighted by Gasteiger charge is -2.31. The number of rotatable bonds is 9. The number of nitrogens with zero attached hydrogens (tertiary/aromatic N) is 1. The second kappa shape index (κ2) is 9.94. The van der Waals surface area contributed by atoms with Gasteiger partial charge in [-0.3, -0.25) is 4.79 Å². The molecule has 8 heteroatoms. The van der Waals surface area contributed by atoms with Gasteiger partial charge in [0.2, 0.25) is 10.0 Å². The van der Waals surface area contributed by atoms with E-state index in [1.165, 1.54) is 4.31 Å². The molecule has 1 aliphatic rings. The Morgan fingerprint density at radius 2 is 1.85 bits per heavy atom. The van der Waals surface area contributed by atoms with E-state index in [2.05, 4.69) is 5.32 Å². The summed E-state index contributed by atoms with van der Waals surface area (Å²) in [4.78, 5) is 12.6. The third-order valence-electron chi connectivity index (χ3n) is 4.51. The van der Waals surface area contributed by atoms with Gasteiger partial charge in [0.15, 0.2) is 11.5 Å². The van der Waals surface area contributed by atoms with E-state index < -0.39 is 10.0 Å². The number of carbonyl (C=O) groups excluding carboxylic acids is 1. The van der Waals surface area contributed by atoms with Crippen molar-refractivity contribution in [2.75, 3.05) is 32.1 Å². The highest BCUT2D eigenvalue weighted by Crippen LogP contribution is 2.29. The van der Waals surface area contributed by atoms with E-state index in [1.807, 2.05) is 13.8 Å². The highest BCUT2D eigenvalue weighted by Gasteiger charge is 2.27. The molecule has 1 heterocycles. The topological polar surface area (TPSA) is 84.9 Å². The smallest absolute Gasteiger partial charge is 0.251 e. The minimum Gasteiger partial charge on any atom is -0.490 e. The molecule has 1 amide bonds. The molecule has 7 nitrogen and oxygen atoms in total. The van der Waals surface area contributed by atoms with Crippen LogP contribution in [0.5, 0.6) is 11.5 Å². The summed E-state index contributed by atoms with van der Waals surface area (Å²) in [5, 5.41) is 3.00. The Balaban J connectivity index is 1.99. The largest absolute Gasteiger partial charge is 0.490 e. The van der Waals surface area contributed by atoms with Crippen LogP contribution in [-0.2, 0) is 10.0 Å². The first kappa shape index (κ1) is 21.5. The van der Waals surface area contributed by atoms with Crippen molar-refractivity contribution < 1.29 is 22.7 Å². The third-order valence-corrected chi connectivity index (χ3v) is 6.40. The first-order valence-corrected chi connectivity index (χ1v) is 11.2. The first-order chi connectivity index (χ1) is 12.9. The van der Waals surface area contributed by atoms with Gasteiger partial charge in [-0.25, -0.2) is 12.7 Å². The van der Waals surface area contributed by atoms with E-state index in [1.54, 1.807) is 25.1 Å². The van der Waals surface area contributed by atoms with Gasteiger partial charge in [0.1, 0.15) is 0 Å². The van der Waals surface area contributed by atoms with Gasteiger partial charge in [0.05, 0.1) is 19.0 Å². The summed E-state index contributed by atoms with van der Waals surface area (Å²) in [6.45, 7) is 7.51. The van der Waals surface area contributed by atoms with Crippen LogP contribution in [0.4, 0.5) is 0 Å². The molecular weight excluding hydrogens is 368 g/mol. The Morgan fingerprint density at radius 3 is 2.44 bits per heavy atom. The number of piperidine rings is 1. The number of hydrogen-bond acceptors (Lipinski definition) is 5. The van der Waals surface area contributed by atoms with Crippen molar-refractivity contribution in [2.24, 2.45) is 0 Å². The van der Waals surface area contributed by atoms with Crippen LogP contribution in [0.1, 0.15) is 50.4 Å². The normalized spacial score (nSPS) is 16.1. The fourth-order valence-electron chi connectivity index (χ4n) is 2.98. The summed E-state index contributed by atoms with van der Waals surface area (Å²) in [6.07, 6.45) is 2.11. The molecule has 1 fully saturated rings. The van der Waals surface area contributed by atoms with Gasteiger partial charge in [-0.15, -0.1) is 0 Å². The molecule has 2 rings (SSSR count). The van der Waals surface area contributed by atoms with Crippen LogP contribution in [-0.4, -0.2) is 56.7 Å². The quantitative estimate of drug-likeness (QED) is 0.690. The van der Waals surface area contributed by atoms with Crippen LogP contribution in [0.25, 0.3) is 0 Å². The summed E-state index contributed by atoms with van der Waals surface area (Å²) in [5.41, 5.74) is 0.505. The van der Waals surface area contributed by atoms with Crippen molar-refractivity contribution in [2.45, 2.75) is 46.1 Å². The summed E-state index contributed by atoms with van der Waals surface area (Å²) in [7, 11) is -3.16. The maximum Gasteiger partial charge on any atom is 0.251 e. The molecule has 1 aromatic carbocycles. The molecule has 0 spiro atoms. The van der Waals surface area contributed by atoms with Gasteiger partial charge < -0.3 is 14.8 Å². The van der Waals surface area contributed by atoms with Crippen LogP contribution in [0.15, 0.2) is 18.2 Å². The summed E-state index contributed by atoms with van der Waals surface area (Å²) >= 11 is 0. The van der Waals surface area contributed by atoms with Crippen molar-refractivity contribution in [3.05, 3.63) is 23.8 Å². The van der Waals surface area contributed by atoms with Gasteiger partial charge >= 0.3 is 0 Å². The Bertz CT molecular complexity index is 728.